The summed E-state index contributed by atoms with van der Waals surface area (Å²) in [5.74, 6) is -4.97. The van der Waals surface area contributed by atoms with E-state index in [9.17, 15) is 21.6 Å². The first-order valence-electron chi connectivity index (χ1n) is 5.19. The third-order valence-corrected chi connectivity index (χ3v) is 3.73. The molecule has 2 rings (SSSR count). The molecule has 1 heterocycles. The highest BCUT2D eigenvalue weighted by Crippen LogP contribution is 2.22. The van der Waals surface area contributed by atoms with Crippen LogP contribution in [0.15, 0.2) is 35.4 Å². The number of nitrogens with one attached hydrogen (secondary N) is 1. The van der Waals surface area contributed by atoms with Crippen molar-refractivity contribution < 1.29 is 21.6 Å². The van der Waals surface area contributed by atoms with E-state index in [1.165, 1.54) is 12.1 Å². The van der Waals surface area contributed by atoms with Crippen molar-refractivity contribution >= 4 is 21.5 Å². The zero-order chi connectivity index (χ0) is 14.9. The number of nitrogens with two attached hydrogens (primary N) is 1. The number of pyridine rings is 1. The highest BCUT2D eigenvalue weighted by atomic mass is 32.2. The second kappa shape index (κ2) is 5.00. The van der Waals surface area contributed by atoms with Gasteiger partial charge < -0.3 is 5.73 Å². The molecule has 0 atom stereocenters. The molecule has 1 aromatic carbocycles. The molecule has 0 aliphatic carbocycles. The van der Waals surface area contributed by atoms with Crippen molar-refractivity contribution in [2.45, 2.75) is 4.90 Å². The van der Waals surface area contributed by atoms with E-state index in [0.717, 1.165) is 6.20 Å². The predicted octanol–water partition coefficient (Wildman–Crippen LogP) is 1.88. The minimum absolute atomic E-state index is 0.00309. The largest absolute Gasteiger partial charge is 0.384 e. The van der Waals surface area contributed by atoms with Crippen LogP contribution >= 0.6 is 0 Å². The highest BCUT2D eigenvalue weighted by Gasteiger charge is 2.24. The van der Waals surface area contributed by atoms with Gasteiger partial charge in [0.2, 0.25) is 0 Å². The molecule has 0 saturated heterocycles. The molecule has 0 amide bonds. The van der Waals surface area contributed by atoms with Gasteiger partial charge in [-0.15, -0.1) is 0 Å². The first-order valence-corrected chi connectivity index (χ1v) is 6.67. The summed E-state index contributed by atoms with van der Waals surface area (Å²) >= 11 is 0. The molecule has 5 nitrogen and oxygen atoms in total. The summed E-state index contributed by atoms with van der Waals surface area (Å²) < 4.78 is 65.0. The van der Waals surface area contributed by atoms with Crippen molar-refractivity contribution in [3.05, 3.63) is 47.9 Å². The van der Waals surface area contributed by atoms with Gasteiger partial charge in [-0.2, -0.15) is 0 Å². The zero-order valence-electron chi connectivity index (χ0n) is 9.77. The number of hydrogen-bond acceptors (Lipinski definition) is 4. The van der Waals surface area contributed by atoms with Gasteiger partial charge in [0.05, 0.1) is 11.9 Å². The standard InChI is InChI=1S/C11H8F3N3O2S/c12-7-2-3-8(11(14)10(7)13)20(18,19)17-6-1-4-9(15)16-5-6/h1-5,17H,(H2,15,16). The Balaban J connectivity index is 2.41. The maximum absolute atomic E-state index is 13.5. The number of hydrogen-bond donors (Lipinski definition) is 2. The Hall–Kier alpha value is -2.29. The van der Waals surface area contributed by atoms with Gasteiger partial charge in [-0.05, 0) is 24.3 Å². The first-order chi connectivity index (χ1) is 9.31. The SMILES string of the molecule is Nc1ccc(NS(=O)(=O)c2ccc(F)c(F)c2F)cn1. The lowest BCUT2D eigenvalue weighted by atomic mass is 10.3. The first kappa shape index (κ1) is 14.1. The second-order valence-corrected chi connectivity index (χ2v) is 5.40. The fraction of sp³-hybridized carbons (Fsp3) is 0. The van der Waals surface area contributed by atoms with Gasteiger partial charge in [0, 0.05) is 0 Å². The Bertz CT molecular complexity index is 748. The van der Waals surface area contributed by atoms with Gasteiger partial charge in [-0.25, -0.2) is 26.6 Å². The third kappa shape index (κ3) is 2.67. The minimum atomic E-state index is -4.41. The molecule has 0 bridgehead atoms. The molecule has 0 radical (unpaired) electrons. The van der Waals surface area contributed by atoms with Crippen molar-refractivity contribution in [1.29, 1.82) is 0 Å². The van der Waals surface area contributed by atoms with Crippen LogP contribution in [-0.2, 0) is 10.0 Å². The molecule has 106 valence electrons. The topological polar surface area (TPSA) is 85.1 Å². The van der Waals surface area contributed by atoms with Crippen molar-refractivity contribution in [2.24, 2.45) is 0 Å². The Labute approximate surface area is 112 Å². The van der Waals surface area contributed by atoms with Crippen LogP contribution in [0.1, 0.15) is 0 Å². The van der Waals surface area contributed by atoms with Crippen molar-refractivity contribution in [1.82, 2.24) is 4.98 Å². The zero-order valence-corrected chi connectivity index (χ0v) is 10.6. The molecule has 0 fully saturated rings. The lowest BCUT2D eigenvalue weighted by Crippen LogP contribution is -2.16. The van der Waals surface area contributed by atoms with Crippen molar-refractivity contribution in [2.75, 3.05) is 10.5 Å². The van der Waals surface area contributed by atoms with E-state index in [1.54, 1.807) is 0 Å². The van der Waals surface area contributed by atoms with Gasteiger partial charge >= 0.3 is 0 Å². The van der Waals surface area contributed by atoms with Gasteiger partial charge in [0.25, 0.3) is 10.0 Å². The van der Waals surface area contributed by atoms with Crippen LogP contribution in [0.25, 0.3) is 0 Å². The highest BCUT2D eigenvalue weighted by molar-refractivity contribution is 7.92. The molecular weight excluding hydrogens is 295 g/mol. The van der Waals surface area contributed by atoms with Gasteiger partial charge in [-0.3, -0.25) is 4.72 Å². The number of anilines is 2. The van der Waals surface area contributed by atoms with Gasteiger partial charge in [-0.1, -0.05) is 0 Å². The summed E-state index contributed by atoms with van der Waals surface area (Å²) in [5.41, 5.74) is 5.33. The van der Waals surface area contributed by atoms with Crippen LogP contribution in [0.3, 0.4) is 0 Å². The van der Waals surface area contributed by atoms with Crippen LogP contribution in [0.5, 0.6) is 0 Å². The van der Waals surface area contributed by atoms with E-state index in [2.05, 4.69) is 4.98 Å². The number of nitrogens with zero attached hydrogens (tertiary/aromatic N) is 1. The number of rotatable bonds is 3. The second-order valence-electron chi connectivity index (χ2n) is 3.75. The average Bonchev–Trinajstić information content (AvgIpc) is 2.38. The summed E-state index contributed by atoms with van der Waals surface area (Å²) in [6, 6.07) is 3.76. The van der Waals surface area contributed by atoms with E-state index in [0.29, 0.717) is 12.1 Å². The van der Waals surface area contributed by atoms with E-state index in [4.69, 9.17) is 5.73 Å². The molecule has 0 aliphatic rings. The minimum Gasteiger partial charge on any atom is -0.384 e. The van der Waals surface area contributed by atoms with Crippen LogP contribution in [0.2, 0.25) is 0 Å². The maximum Gasteiger partial charge on any atom is 0.264 e. The van der Waals surface area contributed by atoms with Crippen LogP contribution in [0, 0.1) is 17.5 Å². The Kier molecular flexibility index (Phi) is 3.53. The normalized spacial score (nSPS) is 11.3. The predicted molar refractivity (Wildman–Crippen MR) is 65.8 cm³/mol. The maximum atomic E-state index is 13.5. The smallest absolute Gasteiger partial charge is 0.264 e. The van der Waals surface area contributed by atoms with E-state index in [1.807, 2.05) is 4.72 Å². The molecule has 2 aromatic rings. The molecule has 20 heavy (non-hydrogen) atoms. The molecule has 0 saturated carbocycles. The Morgan fingerprint density at radius 2 is 1.75 bits per heavy atom. The summed E-state index contributed by atoms with van der Waals surface area (Å²) in [7, 11) is -4.41. The summed E-state index contributed by atoms with van der Waals surface area (Å²) in [5, 5.41) is 0. The third-order valence-electron chi connectivity index (χ3n) is 2.33. The van der Waals surface area contributed by atoms with E-state index >= 15 is 0 Å². The number of halogens is 3. The van der Waals surface area contributed by atoms with Crippen LogP contribution < -0.4 is 10.5 Å². The van der Waals surface area contributed by atoms with E-state index in [-0.39, 0.29) is 11.5 Å². The lowest BCUT2D eigenvalue weighted by Gasteiger charge is -2.09. The number of benzene rings is 1. The summed E-state index contributed by atoms with van der Waals surface area (Å²) in [6.07, 6.45) is 1.10. The Morgan fingerprint density at radius 1 is 1.05 bits per heavy atom. The van der Waals surface area contributed by atoms with Crippen molar-refractivity contribution in [3.8, 4) is 0 Å². The number of nitrogen functional groups attached to an aromatic ring is 1. The van der Waals surface area contributed by atoms with Crippen LogP contribution in [0.4, 0.5) is 24.7 Å². The molecule has 0 aliphatic heterocycles. The Morgan fingerprint density at radius 3 is 2.35 bits per heavy atom. The van der Waals surface area contributed by atoms with E-state index < -0.39 is 32.4 Å². The number of sulfonamides is 1. The molecule has 9 heteroatoms. The molecule has 3 N–H and O–H groups in total. The van der Waals surface area contributed by atoms with Crippen LogP contribution in [-0.4, -0.2) is 13.4 Å². The monoisotopic (exact) mass is 303 g/mol. The fourth-order valence-corrected chi connectivity index (χ4v) is 2.51. The molecule has 0 unspecified atom stereocenters. The van der Waals surface area contributed by atoms with Crippen molar-refractivity contribution in [3.63, 3.8) is 0 Å². The number of aromatic nitrogens is 1. The fourth-order valence-electron chi connectivity index (χ4n) is 1.39. The van der Waals surface area contributed by atoms with Gasteiger partial charge in [0.1, 0.15) is 10.7 Å². The molecular formula is C11H8F3N3O2S. The summed E-state index contributed by atoms with van der Waals surface area (Å²) in [6.45, 7) is 0. The summed E-state index contributed by atoms with van der Waals surface area (Å²) in [4.78, 5) is 2.63. The average molecular weight is 303 g/mol. The van der Waals surface area contributed by atoms with Gasteiger partial charge in [0.15, 0.2) is 17.5 Å². The molecule has 0 spiro atoms. The lowest BCUT2D eigenvalue weighted by molar-refractivity contribution is 0.432. The molecule has 1 aromatic heterocycles. The quantitative estimate of drug-likeness (QED) is 0.848.